The van der Waals surface area contributed by atoms with Gasteiger partial charge in [-0.25, -0.2) is 0 Å². The van der Waals surface area contributed by atoms with Gasteiger partial charge in [0.1, 0.15) is 0 Å². The third-order valence-electron chi connectivity index (χ3n) is 3.38. The fourth-order valence-electron chi connectivity index (χ4n) is 2.09. The van der Waals surface area contributed by atoms with Gasteiger partial charge < -0.3 is 4.74 Å². The summed E-state index contributed by atoms with van der Waals surface area (Å²) in [5, 5.41) is 0. The number of Topliss-reactive ketones (excluding diaryl/α,β-unsaturated/α-hetero) is 1. The van der Waals surface area contributed by atoms with E-state index in [2.05, 4.69) is 13.8 Å². The zero-order valence-electron chi connectivity index (χ0n) is 9.95. The van der Waals surface area contributed by atoms with E-state index in [9.17, 15) is 4.79 Å². The largest absolute Gasteiger partial charge is 0.381 e. The van der Waals surface area contributed by atoms with E-state index in [4.69, 9.17) is 4.74 Å². The minimum atomic E-state index is 0.163. The molecule has 0 amide bonds. The van der Waals surface area contributed by atoms with Crippen LogP contribution in [0.4, 0.5) is 0 Å². The Morgan fingerprint density at radius 2 is 1.88 bits per heavy atom. The minimum Gasteiger partial charge on any atom is -0.381 e. The summed E-state index contributed by atoms with van der Waals surface area (Å²) in [5.41, 5.74) is 3.29. The first-order valence-electron chi connectivity index (χ1n) is 5.87. The maximum Gasteiger partial charge on any atom is 0.166 e. The summed E-state index contributed by atoms with van der Waals surface area (Å²) in [5.74, 6) is 0.447. The third-order valence-corrected chi connectivity index (χ3v) is 3.38. The maximum absolute atomic E-state index is 12.2. The Bertz CT molecular complexity index is 390. The van der Waals surface area contributed by atoms with E-state index in [0.29, 0.717) is 0 Å². The van der Waals surface area contributed by atoms with Crippen molar-refractivity contribution < 1.29 is 9.53 Å². The second-order valence-electron chi connectivity index (χ2n) is 4.55. The molecule has 2 rings (SSSR count). The first-order chi connectivity index (χ1) is 7.68. The van der Waals surface area contributed by atoms with Crippen LogP contribution in [-0.2, 0) is 4.74 Å². The highest BCUT2D eigenvalue weighted by molar-refractivity contribution is 5.98. The molecule has 0 unspecified atom stereocenters. The highest BCUT2D eigenvalue weighted by Gasteiger charge is 2.22. The topological polar surface area (TPSA) is 26.3 Å². The van der Waals surface area contributed by atoms with Crippen molar-refractivity contribution in [3.8, 4) is 0 Å². The van der Waals surface area contributed by atoms with E-state index in [1.807, 2.05) is 18.2 Å². The van der Waals surface area contributed by atoms with E-state index in [0.717, 1.165) is 31.6 Å². The van der Waals surface area contributed by atoms with E-state index in [1.165, 1.54) is 11.1 Å². The van der Waals surface area contributed by atoms with Crippen LogP contribution >= 0.6 is 0 Å². The molecule has 1 heterocycles. The molecule has 1 aromatic carbocycles. The molecule has 2 nitrogen and oxygen atoms in total. The number of rotatable bonds is 2. The van der Waals surface area contributed by atoms with Crippen LogP contribution in [0.25, 0.3) is 0 Å². The second kappa shape index (κ2) is 4.79. The molecular weight excluding hydrogens is 200 g/mol. The molecule has 0 aliphatic carbocycles. The lowest BCUT2D eigenvalue weighted by atomic mass is 9.90. The molecule has 0 atom stereocenters. The van der Waals surface area contributed by atoms with Crippen LogP contribution in [-0.4, -0.2) is 19.0 Å². The molecule has 1 aliphatic rings. The Hall–Kier alpha value is -1.15. The van der Waals surface area contributed by atoms with Gasteiger partial charge in [0.05, 0.1) is 0 Å². The molecule has 1 fully saturated rings. The highest BCUT2D eigenvalue weighted by atomic mass is 16.5. The van der Waals surface area contributed by atoms with Crippen molar-refractivity contribution in [3.63, 3.8) is 0 Å². The van der Waals surface area contributed by atoms with Gasteiger partial charge in [-0.2, -0.15) is 0 Å². The lowest BCUT2D eigenvalue weighted by molar-refractivity contribution is 0.0545. The van der Waals surface area contributed by atoms with Crippen molar-refractivity contribution in [2.75, 3.05) is 13.2 Å². The average Bonchev–Trinajstić information content (AvgIpc) is 2.33. The number of hydrogen-bond donors (Lipinski definition) is 0. The minimum absolute atomic E-state index is 0.163. The molecule has 86 valence electrons. The van der Waals surface area contributed by atoms with Crippen LogP contribution in [0.15, 0.2) is 18.2 Å². The van der Waals surface area contributed by atoms with Crippen LogP contribution in [0.3, 0.4) is 0 Å². The lowest BCUT2D eigenvalue weighted by Gasteiger charge is -2.21. The van der Waals surface area contributed by atoms with Crippen LogP contribution in [0.2, 0.25) is 0 Å². The number of carbonyl (C=O) groups is 1. The normalized spacial score (nSPS) is 17.4. The number of ketones is 1. The summed E-state index contributed by atoms with van der Waals surface area (Å²) in [6.45, 7) is 5.57. The van der Waals surface area contributed by atoms with Crippen molar-refractivity contribution in [1.29, 1.82) is 0 Å². The Kier molecular flexibility index (Phi) is 3.39. The fraction of sp³-hybridized carbons (Fsp3) is 0.500. The first kappa shape index (κ1) is 11.3. The van der Waals surface area contributed by atoms with Gasteiger partial charge in [-0.05, 0) is 43.9 Å². The summed E-state index contributed by atoms with van der Waals surface area (Å²) in [6, 6.07) is 5.98. The Morgan fingerprint density at radius 1 is 1.19 bits per heavy atom. The molecule has 0 aromatic heterocycles. The second-order valence-corrected chi connectivity index (χ2v) is 4.55. The summed E-state index contributed by atoms with van der Waals surface area (Å²) in [4.78, 5) is 12.2. The van der Waals surface area contributed by atoms with Crippen molar-refractivity contribution in [1.82, 2.24) is 0 Å². The predicted molar refractivity (Wildman–Crippen MR) is 63.8 cm³/mol. The summed E-state index contributed by atoms with van der Waals surface area (Å²) < 4.78 is 5.28. The van der Waals surface area contributed by atoms with Crippen LogP contribution < -0.4 is 0 Å². The lowest BCUT2D eigenvalue weighted by Crippen LogP contribution is -2.23. The number of hydrogen-bond acceptors (Lipinski definition) is 2. The number of carbonyl (C=O) groups excluding carboxylic acids is 1. The molecule has 0 radical (unpaired) electrons. The van der Waals surface area contributed by atoms with E-state index in [-0.39, 0.29) is 11.7 Å². The molecule has 2 heteroatoms. The van der Waals surface area contributed by atoms with Gasteiger partial charge in [0.25, 0.3) is 0 Å². The van der Waals surface area contributed by atoms with Crippen molar-refractivity contribution in [3.05, 3.63) is 34.9 Å². The monoisotopic (exact) mass is 218 g/mol. The quantitative estimate of drug-likeness (QED) is 0.713. The van der Waals surface area contributed by atoms with E-state index < -0.39 is 0 Å². The van der Waals surface area contributed by atoms with Crippen LogP contribution in [0.1, 0.15) is 34.3 Å². The van der Waals surface area contributed by atoms with E-state index >= 15 is 0 Å². The first-order valence-corrected chi connectivity index (χ1v) is 5.87. The maximum atomic E-state index is 12.2. The van der Waals surface area contributed by atoms with Gasteiger partial charge in [-0.1, -0.05) is 12.1 Å². The molecule has 1 saturated heterocycles. The SMILES string of the molecule is Cc1ccc(C(=O)C2CCOCC2)cc1C. The third kappa shape index (κ3) is 2.33. The molecular formula is C14H18O2. The summed E-state index contributed by atoms with van der Waals surface area (Å²) in [6.07, 6.45) is 1.73. The highest BCUT2D eigenvalue weighted by Crippen LogP contribution is 2.21. The molecule has 0 N–H and O–H groups in total. The van der Waals surface area contributed by atoms with Crippen LogP contribution in [0.5, 0.6) is 0 Å². The van der Waals surface area contributed by atoms with E-state index in [1.54, 1.807) is 0 Å². The van der Waals surface area contributed by atoms with Gasteiger partial charge in [-0.15, -0.1) is 0 Å². The van der Waals surface area contributed by atoms with Gasteiger partial charge in [0, 0.05) is 24.7 Å². The van der Waals surface area contributed by atoms with Gasteiger partial charge in [0.2, 0.25) is 0 Å². The Morgan fingerprint density at radius 3 is 2.50 bits per heavy atom. The Balaban J connectivity index is 2.16. The summed E-state index contributed by atoms with van der Waals surface area (Å²) in [7, 11) is 0. The smallest absolute Gasteiger partial charge is 0.166 e. The van der Waals surface area contributed by atoms with Crippen molar-refractivity contribution in [2.45, 2.75) is 26.7 Å². The zero-order valence-corrected chi connectivity index (χ0v) is 9.95. The van der Waals surface area contributed by atoms with Crippen molar-refractivity contribution in [2.24, 2.45) is 5.92 Å². The van der Waals surface area contributed by atoms with Gasteiger partial charge >= 0.3 is 0 Å². The van der Waals surface area contributed by atoms with Gasteiger partial charge in [-0.3, -0.25) is 4.79 Å². The van der Waals surface area contributed by atoms with Crippen LogP contribution in [0, 0.1) is 19.8 Å². The number of aryl methyl sites for hydroxylation is 2. The standard InChI is InChI=1S/C14H18O2/c1-10-3-4-13(9-11(10)2)14(15)12-5-7-16-8-6-12/h3-4,9,12H,5-8H2,1-2H3. The summed E-state index contributed by atoms with van der Waals surface area (Å²) >= 11 is 0. The molecule has 16 heavy (non-hydrogen) atoms. The number of ether oxygens (including phenoxy) is 1. The Labute approximate surface area is 96.6 Å². The number of benzene rings is 1. The molecule has 1 aromatic rings. The molecule has 0 spiro atoms. The molecule has 0 bridgehead atoms. The fourth-order valence-corrected chi connectivity index (χ4v) is 2.09. The molecule has 1 aliphatic heterocycles. The predicted octanol–water partition coefficient (Wildman–Crippen LogP) is 2.91. The average molecular weight is 218 g/mol. The van der Waals surface area contributed by atoms with Crippen molar-refractivity contribution >= 4 is 5.78 Å². The zero-order chi connectivity index (χ0) is 11.5. The molecule has 0 saturated carbocycles. The van der Waals surface area contributed by atoms with Gasteiger partial charge in [0.15, 0.2) is 5.78 Å².